The molecule has 2 radical (unpaired) electrons. The van der Waals surface area contributed by atoms with Crippen LogP contribution in [-0.2, 0) is 9.47 Å². The van der Waals surface area contributed by atoms with E-state index in [1.165, 1.54) is 0 Å². The van der Waals surface area contributed by atoms with Gasteiger partial charge in [0.25, 0.3) is 0 Å². The summed E-state index contributed by atoms with van der Waals surface area (Å²) in [6.07, 6.45) is 5.87. The van der Waals surface area contributed by atoms with Gasteiger partial charge in [0, 0.05) is 93.5 Å². The van der Waals surface area contributed by atoms with E-state index in [-0.39, 0.29) is 0 Å². The van der Waals surface area contributed by atoms with Crippen LogP contribution in [0.1, 0.15) is 24.5 Å². The molecule has 6 rings (SSSR count). The molecule has 4 aromatic rings. The molecule has 2 unspecified atom stereocenters. The number of piperidine rings is 1. The molecular formula is C36H51BN6O2SSi2. The number of ether oxygens (including phenoxy) is 2. The molecule has 8 nitrogen and oxygen atoms in total. The summed E-state index contributed by atoms with van der Waals surface area (Å²) in [5.41, 5.74) is 5.93. The van der Waals surface area contributed by atoms with Crippen molar-refractivity contribution in [3.63, 3.8) is 0 Å². The third-order valence-corrected chi connectivity index (χ3v) is 14.1. The van der Waals surface area contributed by atoms with Crippen LogP contribution < -0.4 is 4.90 Å². The minimum atomic E-state index is -1.23. The van der Waals surface area contributed by atoms with Crippen molar-refractivity contribution in [2.24, 2.45) is 0 Å². The van der Waals surface area contributed by atoms with Gasteiger partial charge in [-0.25, -0.2) is 4.98 Å². The van der Waals surface area contributed by atoms with E-state index in [9.17, 15) is 0 Å². The lowest BCUT2D eigenvalue weighted by atomic mass is 9.82. The summed E-state index contributed by atoms with van der Waals surface area (Å²) >= 11 is 2.03. The standard InChI is InChI=1S/C36H51BN6O2SSi2/c1-47(2,3)16-14-44-25-41(26-45-15-17-48(4,5)6)35-20-34(29-18-30-23-46-24-31(19-29)42(30)37)40-36-32(22-39-43(35)36)28-12-13-33(38-21-28)27-10-8-7-9-11-27/h7-13,20-22,29-31H,14-19,23-26H2,1-6H3. The Morgan fingerprint density at radius 3 is 2.08 bits per heavy atom. The molecule has 1 aromatic carbocycles. The second kappa shape index (κ2) is 15.2. The maximum Gasteiger partial charge on any atom is 0.183 e. The summed E-state index contributed by atoms with van der Waals surface area (Å²) in [4.78, 5) is 14.5. The van der Waals surface area contributed by atoms with Gasteiger partial charge in [-0.3, -0.25) is 4.98 Å². The topological polar surface area (TPSA) is 68.0 Å². The number of aromatic nitrogens is 4. The number of fused-ring (bicyclic) bond motifs is 3. The number of nitrogens with zero attached hydrogens (tertiary/aromatic N) is 6. The fraction of sp³-hybridized carbons (Fsp3) is 0.528. The smallest absolute Gasteiger partial charge is 0.183 e. The zero-order valence-corrected chi connectivity index (χ0v) is 32.4. The van der Waals surface area contributed by atoms with Gasteiger partial charge in [-0.2, -0.15) is 21.4 Å². The minimum absolute atomic E-state index is 0.313. The van der Waals surface area contributed by atoms with Crippen LogP contribution in [-0.4, -0.2) is 98.8 Å². The Kier molecular flexibility index (Phi) is 11.2. The van der Waals surface area contributed by atoms with Gasteiger partial charge in [-0.15, -0.1) is 0 Å². The average Bonchev–Trinajstić information content (AvgIpc) is 3.47. The number of hydrogen-bond acceptors (Lipinski definition) is 8. The molecule has 0 saturated carbocycles. The summed E-state index contributed by atoms with van der Waals surface area (Å²) in [7, 11) is 4.11. The van der Waals surface area contributed by atoms with Gasteiger partial charge >= 0.3 is 0 Å². The lowest BCUT2D eigenvalue weighted by Crippen LogP contribution is -2.52. The van der Waals surface area contributed by atoms with E-state index in [4.69, 9.17) is 32.5 Å². The Hall–Kier alpha value is -2.48. The molecule has 12 heteroatoms. The molecule has 2 aliphatic heterocycles. The number of rotatable bonds is 14. The van der Waals surface area contributed by atoms with Crippen molar-refractivity contribution < 1.29 is 9.47 Å². The van der Waals surface area contributed by atoms with Crippen LogP contribution in [0.5, 0.6) is 0 Å². The lowest BCUT2D eigenvalue weighted by molar-refractivity contribution is 0.0942. The van der Waals surface area contributed by atoms with Crippen LogP contribution in [0.4, 0.5) is 5.82 Å². The highest BCUT2D eigenvalue weighted by molar-refractivity contribution is 7.99. The molecule has 0 N–H and O–H groups in total. The fourth-order valence-corrected chi connectivity index (χ4v) is 9.21. The Bertz CT molecular complexity index is 1610. The third-order valence-electron chi connectivity index (χ3n) is 9.42. The molecular weight excluding hydrogens is 647 g/mol. The maximum atomic E-state index is 6.57. The van der Waals surface area contributed by atoms with Crippen LogP contribution in [0.25, 0.3) is 28.0 Å². The summed E-state index contributed by atoms with van der Waals surface area (Å²) in [5, 5.41) is 4.94. The lowest BCUT2D eigenvalue weighted by Gasteiger charge is -2.47. The van der Waals surface area contributed by atoms with Crippen LogP contribution in [0, 0.1) is 0 Å². The van der Waals surface area contributed by atoms with E-state index >= 15 is 0 Å². The number of anilines is 1. The molecule has 2 bridgehead atoms. The molecule has 2 aliphatic rings. The van der Waals surface area contributed by atoms with Gasteiger partial charge in [0.1, 0.15) is 19.3 Å². The number of pyridine rings is 1. The second-order valence-electron chi connectivity index (χ2n) is 15.8. The predicted octanol–water partition coefficient (Wildman–Crippen LogP) is 7.64. The first-order chi connectivity index (χ1) is 22.9. The molecule has 0 spiro atoms. The number of hydrogen-bond donors (Lipinski definition) is 0. The zero-order valence-electron chi connectivity index (χ0n) is 29.6. The predicted molar refractivity (Wildman–Crippen MR) is 207 cm³/mol. The molecule has 2 atom stereocenters. The van der Waals surface area contributed by atoms with Crippen LogP contribution in [0.2, 0.25) is 51.4 Å². The third kappa shape index (κ3) is 8.81. The number of thioether (sulfide) groups is 1. The molecule has 254 valence electrons. The normalized spacial score (nSPS) is 20.3. The van der Waals surface area contributed by atoms with Crippen molar-refractivity contribution in [3.05, 3.63) is 66.6 Å². The highest BCUT2D eigenvalue weighted by Gasteiger charge is 2.37. The molecule has 48 heavy (non-hydrogen) atoms. The molecule has 2 fully saturated rings. The first kappa shape index (κ1) is 35.3. The fourth-order valence-electron chi connectivity index (χ4n) is 6.40. The van der Waals surface area contributed by atoms with E-state index in [1.807, 2.05) is 46.9 Å². The SMILES string of the molecule is [B]N1C2CSCC1CC(c1cc(N(COCC[Si](C)(C)C)COCC[Si](C)(C)C)n3ncc(-c4ccc(-c5ccccc5)nc4)c3n1)C2. The van der Waals surface area contributed by atoms with Gasteiger partial charge in [0.05, 0.1) is 11.9 Å². The minimum Gasteiger partial charge on any atom is -0.361 e. The Morgan fingerprint density at radius 2 is 1.50 bits per heavy atom. The van der Waals surface area contributed by atoms with Gasteiger partial charge in [-0.1, -0.05) is 75.7 Å². The van der Waals surface area contributed by atoms with E-state index < -0.39 is 16.1 Å². The zero-order chi connectivity index (χ0) is 33.9. The molecule has 2 saturated heterocycles. The Morgan fingerprint density at radius 1 is 0.854 bits per heavy atom. The van der Waals surface area contributed by atoms with E-state index in [1.54, 1.807) is 0 Å². The largest absolute Gasteiger partial charge is 0.361 e. The summed E-state index contributed by atoms with van der Waals surface area (Å²) < 4.78 is 14.7. The van der Waals surface area contributed by atoms with Crippen molar-refractivity contribution in [1.29, 1.82) is 0 Å². The summed E-state index contributed by atoms with van der Waals surface area (Å²) in [5.74, 6) is 3.40. The Labute approximate surface area is 294 Å². The van der Waals surface area contributed by atoms with E-state index in [2.05, 4.69) is 79.3 Å². The monoisotopic (exact) mass is 698 g/mol. The quantitative estimate of drug-likeness (QED) is 0.0757. The van der Waals surface area contributed by atoms with Crippen molar-refractivity contribution in [3.8, 4) is 22.4 Å². The summed E-state index contributed by atoms with van der Waals surface area (Å²) in [6, 6.07) is 19.7. The van der Waals surface area contributed by atoms with Gasteiger partial charge in [0.2, 0.25) is 0 Å². The van der Waals surface area contributed by atoms with E-state index in [0.29, 0.717) is 31.5 Å². The van der Waals surface area contributed by atoms with Crippen molar-refractivity contribution in [1.82, 2.24) is 24.4 Å². The maximum absolute atomic E-state index is 6.57. The summed E-state index contributed by atoms with van der Waals surface area (Å²) in [6.45, 7) is 16.7. The van der Waals surface area contributed by atoms with Crippen molar-refractivity contribution in [2.45, 2.75) is 82.2 Å². The number of benzene rings is 1. The van der Waals surface area contributed by atoms with Gasteiger partial charge in [-0.05, 0) is 31.0 Å². The van der Waals surface area contributed by atoms with Gasteiger partial charge < -0.3 is 19.2 Å². The molecule has 0 amide bonds. The molecule has 5 heterocycles. The molecule has 0 aliphatic carbocycles. The van der Waals surface area contributed by atoms with Crippen molar-refractivity contribution in [2.75, 3.05) is 43.1 Å². The highest BCUT2D eigenvalue weighted by Crippen LogP contribution is 2.40. The van der Waals surface area contributed by atoms with Crippen LogP contribution in [0.15, 0.2) is 60.9 Å². The Balaban J connectivity index is 1.37. The van der Waals surface area contributed by atoms with Crippen molar-refractivity contribution >= 4 is 47.4 Å². The van der Waals surface area contributed by atoms with Crippen LogP contribution in [0.3, 0.4) is 0 Å². The van der Waals surface area contributed by atoms with Gasteiger partial charge in [0.15, 0.2) is 13.6 Å². The highest BCUT2D eigenvalue weighted by atomic mass is 32.2. The first-order valence-electron chi connectivity index (χ1n) is 17.4. The average molecular weight is 699 g/mol. The molecule has 3 aromatic heterocycles. The first-order valence-corrected chi connectivity index (χ1v) is 25.9. The second-order valence-corrected chi connectivity index (χ2v) is 28.1. The van der Waals surface area contributed by atoms with E-state index in [0.717, 1.165) is 89.2 Å². The van der Waals surface area contributed by atoms with Crippen LogP contribution >= 0.6 is 11.8 Å².